The Balaban J connectivity index is 2.53. The minimum atomic E-state index is -0.108. The third-order valence-corrected chi connectivity index (χ3v) is 2.25. The molecule has 0 bridgehead atoms. The van der Waals surface area contributed by atoms with Crippen molar-refractivity contribution in [1.82, 2.24) is 15.3 Å². The molecule has 0 aromatic carbocycles. The molecule has 0 saturated heterocycles. The van der Waals surface area contributed by atoms with Crippen LogP contribution >= 0.6 is 12.2 Å². The van der Waals surface area contributed by atoms with Crippen LogP contribution in [0.5, 0.6) is 0 Å². The topological polar surface area (TPSA) is 92.9 Å². The summed E-state index contributed by atoms with van der Waals surface area (Å²) in [6.45, 7) is 4.81. The van der Waals surface area contributed by atoms with Crippen molar-refractivity contribution in [2.75, 3.05) is 18.4 Å². The number of carbonyl (C=O) groups is 1. The van der Waals surface area contributed by atoms with Gasteiger partial charge in [-0.25, -0.2) is 9.97 Å². The molecule has 0 aliphatic heterocycles. The monoisotopic (exact) mass is 267 g/mol. The van der Waals surface area contributed by atoms with Crippen LogP contribution in [0.15, 0.2) is 12.4 Å². The number of amides is 1. The van der Waals surface area contributed by atoms with Gasteiger partial charge in [0, 0.05) is 18.9 Å². The average Bonchev–Trinajstić information content (AvgIpc) is 2.34. The first kappa shape index (κ1) is 14.3. The van der Waals surface area contributed by atoms with E-state index in [0.29, 0.717) is 24.0 Å². The largest absolute Gasteiger partial charge is 0.388 e. The van der Waals surface area contributed by atoms with Gasteiger partial charge >= 0.3 is 0 Å². The molecule has 0 aliphatic rings. The highest BCUT2D eigenvalue weighted by atomic mass is 32.1. The summed E-state index contributed by atoms with van der Waals surface area (Å²) in [5, 5.41) is 5.65. The number of carbonyl (C=O) groups excluding carboxylic acids is 1. The third kappa shape index (κ3) is 4.62. The molecule has 4 N–H and O–H groups in total. The molecule has 1 aromatic rings. The number of nitrogens with one attached hydrogen (secondary N) is 2. The van der Waals surface area contributed by atoms with Gasteiger partial charge in [0.2, 0.25) is 5.91 Å². The Hall–Kier alpha value is -1.76. The molecule has 0 atom stereocenters. The van der Waals surface area contributed by atoms with Crippen molar-refractivity contribution in [3.63, 3.8) is 0 Å². The SMILES string of the molecule is CC(C)CNC(=O)CNc1nccnc1C(N)=S. The molecule has 98 valence electrons. The van der Waals surface area contributed by atoms with E-state index in [4.69, 9.17) is 18.0 Å². The highest BCUT2D eigenvalue weighted by Crippen LogP contribution is 2.06. The highest BCUT2D eigenvalue weighted by molar-refractivity contribution is 7.80. The van der Waals surface area contributed by atoms with Crippen molar-refractivity contribution >= 4 is 28.9 Å². The van der Waals surface area contributed by atoms with E-state index in [9.17, 15) is 4.79 Å². The van der Waals surface area contributed by atoms with Crippen LogP contribution in [0.4, 0.5) is 5.82 Å². The lowest BCUT2D eigenvalue weighted by Crippen LogP contribution is -2.33. The molecular formula is C11H17N5OS. The van der Waals surface area contributed by atoms with Gasteiger partial charge in [-0.15, -0.1) is 0 Å². The molecule has 0 fully saturated rings. The van der Waals surface area contributed by atoms with Gasteiger partial charge in [-0.3, -0.25) is 4.79 Å². The summed E-state index contributed by atoms with van der Waals surface area (Å²) in [4.78, 5) is 19.7. The van der Waals surface area contributed by atoms with Crippen molar-refractivity contribution < 1.29 is 4.79 Å². The predicted octanol–water partition coefficient (Wildman–Crippen LogP) is 0.295. The molecule has 0 aliphatic carbocycles. The van der Waals surface area contributed by atoms with Crippen LogP contribution in [-0.4, -0.2) is 34.0 Å². The average molecular weight is 267 g/mol. The van der Waals surface area contributed by atoms with E-state index in [0.717, 1.165) is 0 Å². The number of nitrogens with zero attached hydrogens (tertiary/aromatic N) is 2. The first-order valence-corrected chi connectivity index (χ1v) is 6.03. The van der Waals surface area contributed by atoms with E-state index in [1.54, 1.807) is 0 Å². The Morgan fingerprint density at radius 1 is 1.44 bits per heavy atom. The van der Waals surface area contributed by atoms with Crippen LogP contribution < -0.4 is 16.4 Å². The predicted molar refractivity (Wildman–Crippen MR) is 74.3 cm³/mol. The van der Waals surface area contributed by atoms with Crippen LogP contribution in [0.1, 0.15) is 19.5 Å². The molecule has 1 rings (SSSR count). The van der Waals surface area contributed by atoms with Gasteiger partial charge in [0.15, 0.2) is 5.82 Å². The zero-order valence-corrected chi connectivity index (χ0v) is 11.3. The quantitative estimate of drug-likeness (QED) is 0.642. The summed E-state index contributed by atoms with van der Waals surface area (Å²) in [5.41, 5.74) is 5.90. The van der Waals surface area contributed by atoms with Gasteiger partial charge in [-0.05, 0) is 5.92 Å². The number of anilines is 1. The lowest BCUT2D eigenvalue weighted by molar-refractivity contribution is -0.119. The summed E-state index contributed by atoms with van der Waals surface area (Å²) in [6.07, 6.45) is 3.01. The maximum Gasteiger partial charge on any atom is 0.239 e. The van der Waals surface area contributed by atoms with Gasteiger partial charge in [0.25, 0.3) is 0 Å². The smallest absolute Gasteiger partial charge is 0.239 e. The van der Waals surface area contributed by atoms with Crippen LogP contribution in [0.3, 0.4) is 0 Å². The van der Waals surface area contributed by atoms with E-state index in [1.165, 1.54) is 12.4 Å². The molecule has 1 amide bonds. The fourth-order valence-corrected chi connectivity index (χ4v) is 1.34. The second-order valence-corrected chi connectivity index (χ2v) is 4.61. The van der Waals surface area contributed by atoms with Crippen molar-refractivity contribution in [3.8, 4) is 0 Å². The number of nitrogens with two attached hydrogens (primary N) is 1. The number of hydrogen-bond acceptors (Lipinski definition) is 5. The molecule has 1 aromatic heterocycles. The summed E-state index contributed by atoms with van der Waals surface area (Å²) in [7, 11) is 0. The summed E-state index contributed by atoms with van der Waals surface area (Å²) < 4.78 is 0. The fraction of sp³-hybridized carbons (Fsp3) is 0.455. The van der Waals surface area contributed by atoms with E-state index in [2.05, 4.69) is 20.6 Å². The molecule has 1 heterocycles. The van der Waals surface area contributed by atoms with Gasteiger partial charge in [0.1, 0.15) is 10.7 Å². The second kappa shape index (κ2) is 6.85. The van der Waals surface area contributed by atoms with Crippen LogP contribution in [0.2, 0.25) is 0 Å². The summed E-state index contributed by atoms with van der Waals surface area (Å²) in [5.74, 6) is 0.727. The van der Waals surface area contributed by atoms with Gasteiger partial charge in [-0.2, -0.15) is 0 Å². The highest BCUT2D eigenvalue weighted by Gasteiger charge is 2.09. The first-order valence-electron chi connectivity index (χ1n) is 5.62. The minimum absolute atomic E-state index is 0.108. The van der Waals surface area contributed by atoms with Gasteiger partial charge in [-0.1, -0.05) is 26.1 Å². The van der Waals surface area contributed by atoms with Crippen molar-refractivity contribution in [3.05, 3.63) is 18.1 Å². The molecule has 0 radical (unpaired) electrons. The van der Waals surface area contributed by atoms with Crippen LogP contribution in [0, 0.1) is 5.92 Å². The molecule has 18 heavy (non-hydrogen) atoms. The minimum Gasteiger partial charge on any atom is -0.388 e. The second-order valence-electron chi connectivity index (χ2n) is 4.17. The van der Waals surface area contributed by atoms with Crippen molar-refractivity contribution in [2.24, 2.45) is 11.7 Å². The molecular weight excluding hydrogens is 250 g/mol. The third-order valence-electron chi connectivity index (χ3n) is 2.06. The van der Waals surface area contributed by atoms with Crippen LogP contribution in [-0.2, 0) is 4.79 Å². The molecule has 7 heteroatoms. The Bertz CT molecular complexity index is 435. The lowest BCUT2D eigenvalue weighted by Gasteiger charge is -2.10. The molecule has 0 saturated carbocycles. The van der Waals surface area contributed by atoms with E-state index in [-0.39, 0.29) is 17.4 Å². The number of aromatic nitrogens is 2. The standard InChI is InChI=1S/C11H17N5OS/c1-7(2)5-15-8(17)6-16-11-9(10(12)18)13-3-4-14-11/h3-4,7H,5-6H2,1-2H3,(H2,12,18)(H,14,16)(H,15,17). The Morgan fingerprint density at radius 3 is 2.72 bits per heavy atom. The zero-order valence-electron chi connectivity index (χ0n) is 10.4. The number of hydrogen-bond donors (Lipinski definition) is 3. The first-order chi connectivity index (χ1) is 8.50. The molecule has 0 unspecified atom stereocenters. The maximum atomic E-state index is 11.5. The van der Waals surface area contributed by atoms with Crippen molar-refractivity contribution in [1.29, 1.82) is 0 Å². The Morgan fingerprint density at radius 2 is 2.11 bits per heavy atom. The van der Waals surface area contributed by atoms with Crippen LogP contribution in [0.25, 0.3) is 0 Å². The lowest BCUT2D eigenvalue weighted by atomic mass is 10.2. The zero-order chi connectivity index (χ0) is 13.5. The number of rotatable bonds is 6. The summed E-state index contributed by atoms with van der Waals surface area (Å²) in [6, 6.07) is 0. The van der Waals surface area contributed by atoms with Crippen molar-refractivity contribution in [2.45, 2.75) is 13.8 Å². The van der Waals surface area contributed by atoms with E-state index >= 15 is 0 Å². The van der Waals surface area contributed by atoms with Gasteiger partial charge < -0.3 is 16.4 Å². The normalized spacial score (nSPS) is 10.2. The summed E-state index contributed by atoms with van der Waals surface area (Å²) >= 11 is 4.85. The van der Waals surface area contributed by atoms with Gasteiger partial charge in [0.05, 0.1) is 6.54 Å². The molecule has 0 spiro atoms. The fourth-order valence-electron chi connectivity index (χ4n) is 1.19. The maximum absolute atomic E-state index is 11.5. The number of thiocarbonyl (C=S) groups is 1. The Labute approximate surface area is 111 Å². The van der Waals surface area contributed by atoms with E-state index < -0.39 is 0 Å². The Kier molecular flexibility index (Phi) is 5.44. The molecule has 6 nitrogen and oxygen atoms in total. The van der Waals surface area contributed by atoms with E-state index in [1.807, 2.05) is 13.8 Å².